The first kappa shape index (κ1) is 62.1. The summed E-state index contributed by atoms with van der Waals surface area (Å²) in [6, 6.07) is 78.3. The molecule has 1 aliphatic heterocycles. The summed E-state index contributed by atoms with van der Waals surface area (Å²) < 4.78 is 67.7. The molecule has 16 nitrogen and oxygen atoms in total. The van der Waals surface area contributed by atoms with Crippen LogP contribution >= 0.6 is 0 Å². The lowest BCUT2D eigenvalue weighted by Crippen LogP contribution is -2.63. The molecule has 0 amide bonds. The van der Waals surface area contributed by atoms with Crippen molar-refractivity contribution in [2.45, 2.75) is 63.7 Å². The van der Waals surface area contributed by atoms with Gasteiger partial charge in [-0.2, -0.15) is 0 Å². The Balaban J connectivity index is 0.924. The highest BCUT2D eigenvalue weighted by atomic mass is 16.7. The second-order valence-electron chi connectivity index (χ2n) is 21.1. The Bertz CT molecular complexity index is 3990. The van der Waals surface area contributed by atoms with Crippen molar-refractivity contribution >= 4 is 29.8 Å². The second-order valence-corrected chi connectivity index (χ2v) is 21.1. The molecule has 1 heterocycles. The first-order valence-electron chi connectivity index (χ1n) is 29.6. The maximum atomic E-state index is 14.8. The molecule has 1 aliphatic rings. The highest BCUT2D eigenvalue weighted by Gasteiger charge is 2.55. The van der Waals surface area contributed by atoms with E-state index in [1.807, 2.05) is 152 Å². The van der Waals surface area contributed by atoms with E-state index in [0.717, 1.165) is 27.8 Å². The molecule has 0 aromatic heterocycles. The molecule has 0 radical (unpaired) electrons. The Labute approximate surface area is 531 Å². The van der Waals surface area contributed by atoms with Crippen LogP contribution < -0.4 is 23.7 Å². The largest absolute Gasteiger partial charge is 0.489 e. The van der Waals surface area contributed by atoms with Crippen molar-refractivity contribution < 1.29 is 76.1 Å². The Hall–Kier alpha value is -11.5. The molecule has 1 fully saturated rings. The minimum Gasteiger partial charge on any atom is -0.489 e. The number of carbonyl (C=O) groups excluding carboxylic acids is 5. The Morgan fingerprint density at radius 1 is 0.261 bits per heavy atom. The van der Waals surface area contributed by atoms with Crippen LogP contribution in [-0.4, -0.2) is 67.2 Å². The minimum absolute atomic E-state index is 0.0000488. The van der Waals surface area contributed by atoms with Crippen molar-refractivity contribution in [1.29, 1.82) is 0 Å². The molecule has 0 N–H and O–H groups in total. The van der Waals surface area contributed by atoms with Crippen molar-refractivity contribution in [3.63, 3.8) is 0 Å². The highest BCUT2D eigenvalue weighted by Crippen LogP contribution is 2.34. The predicted octanol–water partition coefficient (Wildman–Crippen LogP) is 14.0. The molecule has 10 aromatic carbocycles. The van der Waals surface area contributed by atoms with Gasteiger partial charge in [0.25, 0.3) is 0 Å². The van der Waals surface area contributed by atoms with Crippen LogP contribution in [0, 0.1) is 0 Å². The summed E-state index contributed by atoms with van der Waals surface area (Å²) >= 11 is 0. The first-order chi connectivity index (χ1) is 45.1. The molecule has 0 bridgehead atoms. The van der Waals surface area contributed by atoms with Crippen LogP contribution in [0.3, 0.4) is 0 Å². The molecule has 0 spiro atoms. The minimum atomic E-state index is -1.96. The van der Waals surface area contributed by atoms with Crippen molar-refractivity contribution in [2.75, 3.05) is 6.61 Å². The van der Waals surface area contributed by atoms with Gasteiger partial charge in [-0.15, -0.1) is 0 Å². The predicted molar refractivity (Wildman–Crippen MR) is 338 cm³/mol. The average Bonchev–Trinajstić information content (AvgIpc) is 0.821. The summed E-state index contributed by atoms with van der Waals surface area (Å²) in [5, 5.41) is 0. The van der Waals surface area contributed by atoms with E-state index >= 15 is 0 Å². The summed E-state index contributed by atoms with van der Waals surface area (Å²) in [4.78, 5) is 72.9. The third-order valence-electron chi connectivity index (χ3n) is 14.6. The zero-order chi connectivity index (χ0) is 63.3. The average molecular weight is 1230 g/mol. The van der Waals surface area contributed by atoms with Gasteiger partial charge in [0.05, 0.1) is 27.8 Å². The molecule has 462 valence electrons. The van der Waals surface area contributed by atoms with Crippen LogP contribution in [0.2, 0.25) is 0 Å². The third kappa shape index (κ3) is 17.4. The fourth-order valence-corrected chi connectivity index (χ4v) is 9.64. The molecule has 16 heteroatoms. The molecule has 92 heavy (non-hydrogen) atoms. The van der Waals surface area contributed by atoms with Crippen LogP contribution in [0.1, 0.15) is 79.6 Å². The molecule has 5 atom stereocenters. The highest BCUT2D eigenvalue weighted by molar-refractivity contribution is 5.92. The lowest BCUT2D eigenvalue weighted by atomic mass is 9.97. The van der Waals surface area contributed by atoms with Crippen molar-refractivity contribution in [3.05, 3.63) is 329 Å². The van der Waals surface area contributed by atoms with Crippen LogP contribution in [0.4, 0.5) is 0 Å². The molecule has 0 unspecified atom stereocenters. The van der Waals surface area contributed by atoms with Crippen molar-refractivity contribution in [2.24, 2.45) is 0 Å². The summed E-state index contributed by atoms with van der Waals surface area (Å²) in [7, 11) is 0. The van der Waals surface area contributed by atoms with Crippen LogP contribution in [-0.2, 0) is 61.5 Å². The van der Waals surface area contributed by atoms with E-state index in [9.17, 15) is 24.0 Å². The van der Waals surface area contributed by atoms with Gasteiger partial charge >= 0.3 is 29.8 Å². The molecule has 11 rings (SSSR count). The number of hydrogen-bond acceptors (Lipinski definition) is 16. The maximum Gasteiger partial charge on any atom is 0.340 e. The summed E-state index contributed by atoms with van der Waals surface area (Å²) in [5.74, 6) is -2.52. The number of esters is 5. The number of rotatable bonds is 26. The standard InChI is InChI=1S/C76H62O16/c77-71(57-26-36-62(37-27-57)82-46-52-16-6-1-7-17-52)87-51-67-68(89-72(78)58-28-38-63(39-29-58)83-47-53-18-8-2-9-19-53)69(90-73(79)59-30-40-64(41-31-59)84-48-54-20-10-3-11-21-54)70(91-74(80)60-32-42-65(43-33-60)85-49-55-22-12-4-13-23-55)76(88-67)92-75(81)61-34-44-66(45-35-61)86-50-56-24-14-5-15-25-56/h1-45,67-70,76H,46-51H2/t67-,68-,69+,70-,76+/m1/s1. The summed E-state index contributed by atoms with van der Waals surface area (Å²) in [6.07, 6.45) is -9.14. The van der Waals surface area contributed by atoms with Crippen LogP contribution in [0.25, 0.3) is 0 Å². The maximum absolute atomic E-state index is 14.8. The second kappa shape index (κ2) is 31.1. The summed E-state index contributed by atoms with van der Waals surface area (Å²) in [6.45, 7) is 0.568. The number of ether oxygens (including phenoxy) is 11. The molecule has 1 saturated heterocycles. The fourth-order valence-electron chi connectivity index (χ4n) is 9.64. The van der Waals surface area contributed by atoms with Gasteiger partial charge in [0.1, 0.15) is 74.5 Å². The lowest BCUT2D eigenvalue weighted by molar-refractivity contribution is -0.282. The van der Waals surface area contributed by atoms with Gasteiger partial charge in [-0.25, -0.2) is 24.0 Å². The van der Waals surface area contributed by atoms with Gasteiger partial charge in [-0.05, 0) is 149 Å². The molecule has 0 saturated carbocycles. The van der Waals surface area contributed by atoms with E-state index in [4.69, 9.17) is 52.1 Å². The van der Waals surface area contributed by atoms with Crippen molar-refractivity contribution in [3.8, 4) is 28.7 Å². The van der Waals surface area contributed by atoms with E-state index < -0.39 is 67.2 Å². The summed E-state index contributed by atoms with van der Waals surface area (Å²) in [5.41, 5.74) is 4.76. The van der Waals surface area contributed by atoms with E-state index in [-0.39, 0.29) is 60.9 Å². The molecular formula is C76H62O16. The monoisotopic (exact) mass is 1230 g/mol. The quantitative estimate of drug-likeness (QED) is 0.0368. The van der Waals surface area contributed by atoms with Gasteiger partial charge in [-0.3, -0.25) is 0 Å². The van der Waals surface area contributed by atoms with E-state index in [2.05, 4.69) is 0 Å². The van der Waals surface area contributed by atoms with Gasteiger partial charge in [0, 0.05) is 0 Å². The topological polar surface area (TPSA) is 187 Å². The van der Waals surface area contributed by atoms with E-state index in [1.54, 1.807) is 60.7 Å². The molecular weight excluding hydrogens is 1170 g/mol. The number of benzene rings is 10. The Kier molecular flexibility index (Phi) is 21.0. The smallest absolute Gasteiger partial charge is 0.340 e. The van der Waals surface area contributed by atoms with E-state index in [0.29, 0.717) is 28.7 Å². The Morgan fingerprint density at radius 2 is 0.500 bits per heavy atom. The fraction of sp³-hybridized carbons (Fsp3) is 0.145. The number of hydrogen-bond donors (Lipinski definition) is 0. The zero-order valence-electron chi connectivity index (χ0n) is 49.6. The molecule has 10 aromatic rings. The zero-order valence-corrected chi connectivity index (χ0v) is 49.6. The molecule has 0 aliphatic carbocycles. The van der Waals surface area contributed by atoms with Gasteiger partial charge < -0.3 is 52.1 Å². The van der Waals surface area contributed by atoms with E-state index in [1.165, 1.54) is 60.7 Å². The third-order valence-corrected chi connectivity index (χ3v) is 14.6. The lowest BCUT2D eigenvalue weighted by Gasteiger charge is -2.43. The van der Waals surface area contributed by atoms with Gasteiger partial charge in [-0.1, -0.05) is 152 Å². The Morgan fingerprint density at radius 3 is 0.783 bits per heavy atom. The van der Waals surface area contributed by atoms with Crippen LogP contribution in [0.5, 0.6) is 28.7 Å². The van der Waals surface area contributed by atoms with Gasteiger partial charge in [0.2, 0.25) is 12.4 Å². The van der Waals surface area contributed by atoms with Gasteiger partial charge in [0.15, 0.2) is 12.2 Å². The normalized spacial score (nSPS) is 15.7. The van der Waals surface area contributed by atoms with Crippen LogP contribution in [0.15, 0.2) is 273 Å². The van der Waals surface area contributed by atoms with Crippen molar-refractivity contribution in [1.82, 2.24) is 0 Å². The SMILES string of the molecule is O=C(OC[C@H]1O[C@@H](OC(=O)c2ccc(OCc3ccccc3)cc2)[C@H](OC(=O)c2ccc(OCc3ccccc3)cc2)[C@@H](OC(=O)c2ccc(OCc3ccccc3)cc2)[C@@H]1OC(=O)c1ccc(OCc2ccccc2)cc1)c1ccc(OCc2ccccc2)cc1. The first-order valence-corrected chi connectivity index (χ1v) is 29.6. The number of carbonyl (C=O) groups is 5.